The smallest absolute Gasteiger partial charge is 0.315 e. The van der Waals surface area contributed by atoms with Gasteiger partial charge in [0.2, 0.25) is 0 Å². The highest BCUT2D eigenvalue weighted by molar-refractivity contribution is 5.73. The third-order valence-corrected chi connectivity index (χ3v) is 4.76. The lowest BCUT2D eigenvalue weighted by Crippen LogP contribution is -2.39. The number of nitrogens with one attached hydrogen (secondary N) is 2. The van der Waals surface area contributed by atoms with Gasteiger partial charge in [0.15, 0.2) is 0 Å². The summed E-state index contributed by atoms with van der Waals surface area (Å²) in [7, 11) is 0. The molecule has 1 saturated carbocycles. The van der Waals surface area contributed by atoms with Crippen molar-refractivity contribution in [2.45, 2.75) is 44.9 Å². The lowest BCUT2D eigenvalue weighted by atomic mass is 9.87. The monoisotopic (exact) mass is 342 g/mol. The van der Waals surface area contributed by atoms with Gasteiger partial charge in [0.25, 0.3) is 0 Å². The molecular weight excluding hydrogens is 316 g/mol. The maximum atomic E-state index is 12.1. The maximum absolute atomic E-state index is 12.1. The minimum absolute atomic E-state index is 0.158. The molecule has 2 aromatic rings. The number of aliphatic hydroxyl groups excluding tert-OH is 1. The van der Waals surface area contributed by atoms with Gasteiger partial charge < -0.3 is 15.7 Å². The molecule has 1 aromatic heterocycles. The van der Waals surface area contributed by atoms with Crippen LogP contribution >= 0.6 is 0 Å². The molecule has 25 heavy (non-hydrogen) atoms. The predicted octanol–water partition coefficient (Wildman–Crippen LogP) is 2.28. The molecule has 0 radical (unpaired) electrons. The summed E-state index contributed by atoms with van der Waals surface area (Å²) >= 11 is 0. The van der Waals surface area contributed by atoms with Crippen molar-refractivity contribution in [1.82, 2.24) is 20.4 Å². The summed E-state index contributed by atoms with van der Waals surface area (Å²) in [5.41, 5.74) is 2.23. The van der Waals surface area contributed by atoms with Crippen LogP contribution in [0, 0.1) is 5.92 Å². The molecule has 2 atom stereocenters. The molecule has 3 N–H and O–H groups in total. The molecule has 1 aromatic carbocycles. The van der Waals surface area contributed by atoms with Crippen LogP contribution < -0.4 is 10.6 Å². The minimum Gasteiger partial charge on any atom is -0.393 e. The van der Waals surface area contributed by atoms with Crippen molar-refractivity contribution < 1.29 is 9.90 Å². The molecule has 0 saturated heterocycles. The minimum atomic E-state index is -0.210. The van der Waals surface area contributed by atoms with Crippen molar-refractivity contribution in [3.8, 4) is 0 Å². The first-order valence-electron chi connectivity index (χ1n) is 8.94. The van der Waals surface area contributed by atoms with E-state index in [1.807, 2.05) is 35.1 Å². The van der Waals surface area contributed by atoms with E-state index in [1.54, 1.807) is 6.20 Å². The van der Waals surface area contributed by atoms with Gasteiger partial charge in [0, 0.05) is 25.5 Å². The number of nitrogens with zero attached hydrogens (tertiary/aromatic N) is 2. The Morgan fingerprint density at radius 3 is 2.80 bits per heavy atom. The number of hydrogen-bond acceptors (Lipinski definition) is 3. The van der Waals surface area contributed by atoms with Crippen LogP contribution in [-0.4, -0.2) is 33.6 Å². The van der Waals surface area contributed by atoms with E-state index >= 15 is 0 Å². The van der Waals surface area contributed by atoms with Crippen molar-refractivity contribution >= 4 is 6.03 Å². The molecule has 6 heteroatoms. The van der Waals surface area contributed by atoms with Crippen LogP contribution in [0.5, 0.6) is 0 Å². The van der Waals surface area contributed by atoms with Crippen molar-refractivity contribution in [3.05, 3.63) is 53.9 Å². The predicted molar refractivity (Wildman–Crippen MR) is 96.0 cm³/mol. The Kier molecular flexibility index (Phi) is 6.06. The van der Waals surface area contributed by atoms with Gasteiger partial charge in [-0.25, -0.2) is 4.79 Å². The zero-order valence-corrected chi connectivity index (χ0v) is 14.4. The molecule has 1 aliphatic rings. The highest BCUT2D eigenvalue weighted by atomic mass is 16.3. The quantitative estimate of drug-likeness (QED) is 0.753. The summed E-state index contributed by atoms with van der Waals surface area (Å²) < 4.78 is 1.87. The lowest BCUT2D eigenvalue weighted by molar-refractivity contribution is 0.101. The molecule has 2 unspecified atom stereocenters. The second-order valence-electron chi connectivity index (χ2n) is 6.72. The zero-order chi connectivity index (χ0) is 17.5. The Balaban J connectivity index is 1.47. The van der Waals surface area contributed by atoms with Gasteiger partial charge in [-0.05, 0) is 42.4 Å². The maximum Gasteiger partial charge on any atom is 0.315 e. The second kappa shape index (κ2) is 8.67. The van der Waals surface area contributed by atoms with Crippen LogP contribution in [0.3, 0.4) is 0 Å². The van der Waals surface area contributed by atoms with E-state index in [2.05, 4.69) is 21.8 Å². The molecule has 134 valence electrons. The average Bonchev–Trinajstić information content (AvgIpc) is 3.12. The van der Waals surface area contributed by atoms with E-state index in [4.69, 9.17) is 0 Å². The van der Waals surface area contributed by atoms with Gasteiger partial charge in [0.05, 0.1) is 12.6 Å². The molecular formula is C19H26N4O2. The molecule has 3 rings (SSSR count). The van der Waals surface area contributed by atoms with Crippen LogP contribution in [0.2, 0.25) is 0 Å². The van der Waals surface area contributed by atoms with E-state index in [0.29, 0.717) is 25.6 Å². The summed E-state index contributed by atoms with van der Waals surface area (Å²) in [5, 5.41) is 19.8. The van der Waals surface area contributed by atoms with Gasteiger partial charge in [-0.1, -0.05) is 30.7 Å². The fourth-order valence-electron chi connectivity index (χ4n) is 3.38. The number of rotatable bonds is 6. The SMILES string of the molecule is O=C(NCc1ccccc1Cn1cccn1)NCC1CCCC(O)C1. The largest absolute Gasteiger partial charge is 0.393 e. The highest BCUT2D eigenvalue weighted by Crippen LogP contribution is 2.23. The van der Waals surface area contributed by atoms with Gasteiger partial charge in [-0.15, -0.1) is 0 Å². The zero-order valence-electron chi connectivity index (χ0n) is 14.4. The average molecular weight is 342 g/mol. The Morgan fingerprint density at radius 2 is 2.04 bits per heavy atom. The third-order valence-electron chi connectivity index (χ3n) is 4.76. The number of amides is 2. The number of aliphatic hydroxyl groups is 1. The standard InChI is InChI=1S/C19H26N4O2/c24-18-8-3-5-15(11-18)12-20-19(25)21-13-16-6-1-2-7-17(16)14-23-10-4-9-22-23/h1-2,4,6-7,9-10,15,18,24H,3,5,8,11-14H2,(H2,20,21,25). The van der Waals surface area contributed by atoms with Crippen molar-refractivity contribution in [3.63, 3.8) is 0 Å². The van der Waals surface area contributed by atoms with Gasteiger partial charge in [0.1, 0.15) is 0 Å². The number of aromatic nitrogens is 2. The number of carbonyl (C=O) groups excluding carboxylic acids is 1. The Hall–Kier alpha value is -2.34. The lowest BCUT2D eigenvalue weighted by Gasteiger charge is -2.25. The van der Waals surface area contributed by atoms with Crippen LogP contribution in [0.15, 0.2) is 42.7 Å². The molecule has 0 bridgehead atoms. The molecule has 1 fully saturated rings. The van der Waals surface area contributed by atoms with Crippen molar-refractivity contribution in [2.24, 2.45) is 5.92 Å². The van der Waals surface area contributed by atoms with Crippen molar-refractivity contribution in [1.29, 1.82) is 0 Å². The normalized spacial score (nSPS) is 20.2. The van der Waals surface area contributed by atoms with Crippen LogP contribution in [-0.2, 0) is 13.1 Å². The van der Waals surface area contributed by atoms with Crippen molar-refractivity contribution in [2.75, 3.05) is 6.54 Å². The Labute approximate surface area is 148 Å². The second-order valence-corrected chi connectivity index (χ2v) is 6.72. The Morgan fingerprint density at radius 1 is 1.20 bits per heavy atom. The first-order valence-corrected chi connectivity index (χ1v) is 8.94. The molecule has 1 heterocycles. The van der Waals surface area contributed by atoms with Gasteiger partial charge in [-0.3, -0.25) is 4.68 Å². The van der Waals surface area contributed by atoms with Crippen LogP contribution in [0.4, 0.5) is 4.79 Å². The summed E-state index contributed by atoms with van der Waals surface area (Å²) in [6, 6.07) is 9.79. The van der Waals surface area contributed by atoms with Gasteiger partial charge >= 0.3 is 6.03 Å². The first kappa shape index (κ1) is 17.5. The summed E-state index contributed by atoms with van der Waals surface area (Å²) in [4.78, 5) is 12.1. The van der Waals surface area contributed by atoms with E-state index in [-0.39, 0.29) is 12.1 Å². The van der Waals surface area contributed by atoms with Crippen LogP contribution in [0.25, 0.3) is 0 Å². The topological polar surface area (TPSA) is 79.2 Å². The van der Waals surface area contributed by atoms with E-state index in [0.717, 1.165) is 36.8 Å². The summed E-state index contributed by atoms with van der Waals surface area (Å²) in [5.74, 6) is 0.376. The summed E-state index contributed by atoms with van der Waals surface area (Å²) in [6.07, 6.45) is 7.26. The number of urea groups is 1. The molecule has 0 spiro atoms. The number of carbonyl (C=O) groups is 1. The molecule has 1 aliphatic carbocycles. The molecule has 2 amide bonds. The number of benzene rings is 1. The highest BCUT2D eigenvalue weighted by Gasteiger charge is 2.20. The van der Waals surface area contributed by atoms with Gasteiger partial charge in [-0.2, -0.15) is 5.10 Å². The summed E-state index contributed by atoms with van der Waals surface area (Å²) in [6.45, 7) is 1.79. The third kappa shape index (κ3) is 5.32. The number of hydrogen-bond donors (Lipinski definition) is 3. The molecule has 0 aliphatic heterocycles. The molecule has 6 nitrogen and oxygen atoms in total. The fourth-order valence-corrected chi connectivity index (χ4v) is 3.38. The fraction of sp³-hybridized carbons (Fsp3) is 0.474. The Bertz CT molecular complexity index is 672. The van der Waals surface area contributed by atoms with Crippen LogP contribution in [0.1, 0.15) is 36.8 Å². The first-order chi connectivity index (χ1) is 12.2. The van der Waals surface area contributed by atoms with E-state index in [1.165, 1.54) is 0 Å². The van der Waals surface area contributed by atoms with E-state index < -0.39 is 0 Å². The van der Waals surface area contributed by atoms with E-state index in [9.17, 15) is 9.90 Å².